The van der Waals surface area contributed by atoms with Crippen LogP contribution in [-0.2, 0) is 0 Å². The highest BCUT2D eigenvalue weighted by atomic mass is 16.6. The Morgan fingerprint density at radius 1 is 1.56 bits per heavy atom. The lowest BCUT2D eigenvalue weighted by Gasteiger charge is -2.12. The predicted octanol–water partition coefficient (Wildman–Crippen LogP) is 1.39. The van der Waals surface area contributed by atoms with Crippen molar-refractivity contribution in [2.24, 2.45) is 0 Å². The van der Waals surface area contributed by atoms with Crippen molar-refractivity contribution in [1.82, 2.24) is 9.97 Å². The maximum Gasteiger partial charge on any atom is 0.329 e. The Bertz CT molecular complexity index is 430. The summed E-state index contributed by atoms with van der Waals surface area (Å²) in [5, 5.41) is 16.6. The van der Waals surface area contributed by atoms with E-state index >= 15 is 0 Å². The molecular formula is C9H13N5O2. The number of nitrogens with zero attached hydrogens (tertiary/aromatic N) is 3. The molecule has 0 unspecified atom stereocenters. The van der Waals surface area contributed by atoms with Gasteiger partial charge in [0.2, 0.25) is 11.8 Å². The van der Waals surface area contributed by atoms with Gasteiger partial charge in [0.05, 0.1) is 4.92 Å². The van der Waals surface area contributed by atoms with Crippen LogP contribution >= 0.6 is 0 Å². The molecule has 86 valence electrons. The molecule has 0 radical (unpaired) electrons. The van der Waals surface area contributed by atoms with Crippen molar-refractivity contribution in [2.75, 3.05) is 17.7 Å². The third-order valence-corrected chi connectivity index (χ3v) is 2.61. The molecule has 1 aromatic heterocycles. The van der Waals surface area contributed by atoms with Crippen LogP contribution in [0, 0.1) is 10.1 Å². The summed E-state index contributed by atoms with van der Waals surface area (Å²) in [6, 6.07) is 0. The summed E-state index contributed by atoms with van der Waals surface area (Å²) in [4.78, 5) is 18.2. The van der Waals surface area contributed by atoms with Gasteiger partial charge < -0.3 is 10.6 Å². The van der Waals surface area contributed by atoms with Crippen molar-refractivity contribution >= 4 is 17.5 Å². The van der Waals surface area contributed by atoms with Crippen molar-refractivity contribution in [2.45, 2.75) is 25.3 Å². The van der Waals surface area contributed by atoms with Crippen molar-refractivity contribution in [3.05, 3.63) is 16.3 Å². The SMILES string of the molecule is CNc1ncc([N+](=O)[O-])c(NC2(C)CC2)n1. The maximum atomic E-state index is 10.8. The van der Waals surface area contributed by atoms with Crippen LogP contribution in [-0.4, -0.2) is 27.5 Å². The van der Waals surface area contributed by atoms with Gasteiger partial charge in [0.1, 0.15) is 6.20 Å². The van der Waals surface area contributed by atoms with E-state index in [9.17, 15) is 10.1 Å². The smallest absolute Gasteiger partial charge is 0.329 e. The molecule has 0 aromatic carbocycles. The predicted molar refractivity (Wildman–Crippen MR) is 59.5 cm³/mol. The van der Waals surface area contributed by atoms with E-state index in [1.165, 1.54) is 6.20 Å². The maximum absolute atomic E-state index is 10.8. The van der Waals surface area contributed by atoms with Crippen molar-refractivity contribution in [3.63, 3.8) is 0 Å². The van der Waals surface area contributed by atoms with Gasteiger partial charge in [-0.05, 0) is 19.8 Å². The molecule has 0 spiro atoms. The number of hydrogen-bond acceptors (Lipinski definition) is 6. The first kappa shape index (κ1) is 10.6. The van der Waals surface area contributed by atoms with Gasteiger partial charge in [-0.3, -0.25) is 10.1 Å². The van der Waals surface area contributed by atoms with Gasteiger partial charge in [-0.15, -0.1) is 0 Å². The van der Waals surface area contributed by atoms with Crippen LogP contribution < -0.4 is 10.6 Å². The van der Waals surface area contributed by atoms with Gasteiger partial charge in [-0.1, -0.05) is 0 Å². The second-order valence-electron chi connectivity index (χ2n) is 4.12. The summed E-state index contributed by atoms with van der Waals surface area (Å²) in [5.74, 6) is 0.654. The van der Waals surface area contributed by atoms with E-state index < -0.39 is 4.92 Å². The van der Waals surface area contributed by atoms with E-state index in [0.717, 1.165) is 12.8 Å². The third-order valence-electron chi connectivity index (χ3n) is 2.61. The van der Waals surface area contributed by atoms with Gasteiger partial charge in [0.25, 0.3) is 0 Å². The molecule has 7 heteroatoms. The zero-order chi connectivity index (χ0) is 11.8. The van der Waals surface area contributed by atoms with Crippen LogP contribution in [0.4, 0.5) is 17.5 Å². The molecule has 1 saturated carbocycles. The lowest BCUT2D eigenvalue weighted by Crippen LogP contribution is -2.18. The minimum absolute atomic E-state index is 0.0515. The van der Waals surface area contributed by atoms with Gasteiger partial charge in [-0.25, -0.2) is 4.98 Å². The van der Waals surface area contributed by atoms with Crippen molar-refractivity contribution in [3.8, 4) is 0 Å². The Kier molecular flexibility index (Phi) is 2.37. The van der Waals surface area contributed by atoms with Crippen LogP contribution in [0.5, 0.6) is 0 Å². The number of nitrogens with one attached hydrogen (secondary N) is 2. The van der Waals surface area contributed by atoms with Gasteiger partial charge in [-0.2, -0.15) is 4.98 Å². The summed E-state index contributed by atoms with van der Waals surface area (Å²) in [6.07, 6.45) is 3.22. The molecule has 7 nitrogen and oxygen atoms in total. The third kappa shape index (κ3) is 2.02. The van der Waals surface area contributed by atoms with E-state index in [0.29, 0.717) is 5.95 Å². The Labute approximate surface area is 92.4 Å². The number of anilines is 2. The lowest BCUT2D eigenvalue weighted by molar-refractivity contribution is -0.384. The first-order valence-electron chi connectivity index (χ1n) is 5.01. The van der Waals surface area contributed by atoms with Crippen LogP contribution in [0.25, 0.3) is 0 Å². The fourth-order valence-electron chi connectivity index (χ4n) is 1.32. The molecule has 0 amide bonds. The Balaban J connectivity index is 2.33. The number of aromatic nitrogens is 2. The molecule has 0 saturated heterocycles. The van der Waals surface area contributed by atoms with Crippen LogP contribution in [0.2, 0.25) is 0 Å². The largest absolute Gasteiger partial charge is 0.359 e. The molecule has 2 rings (SSSR count). The molecule has 1 heterocycles. The fourth-order valence-corrected chi connectivity index (χ4v) is 1.32. The highest BCUT2D eigenvalue weighted by Gasteiger charge is 2.39. The number of nitro groups is 1. The molecular weight excluding hydrogens is 210 g/mol. The fraction of sp³-hybridized carbons (Fsp3) is 0.556. The molecule has 0 atom stereocenters. The topological polar surface area (TPSA) is 93.0 Å². The summed E-state index contributed by atoms with van der Waals surface area (Å²) in [6.45, 7) is 2.01. The second kappa shape index (κ2) is 3.58. The Morgan fingerprint density at radius 3 is 2.75 bits per heavy atom. The highest BCUT2D eigenvalue weighted by molar-refractivity contribution is 5.58. The highest BCUT2D eigenvalue weighted by Crippen LogP contribution is 2.39. The number of rotatable bonds is 4. The minimum atomic E-state index is -0.479. The molecule has 16 heavy (non-hydrogen) atoms. The zero-order valence-corrected chi connectivity index (χ0v) is 9.15. The van der Waals surface area contributed by atoms with Gasteiger partial charge in [0, 0.05) is 12.6 Å². The van der Waals surface area contributed by atoms with E-state index in [-0.39, 0.29) is 17.0 Å². The van der Waals surface area contributed by atoms with E-state index in [4.69, 9.17) is 0 Å². The molecule has 1 aromatic rings. The molecule has 0 aliphatic heterocycles. The monoisotopic (exact) mass is 223 g/mol. The standard InChI is InChI=1S/C9H13N5O2/c1-9(3-4-9)13-7-6(14(15)16)5-11-8(10-2)12-7/h5H,3-4H2,1-2H3,(H2,10,11,12,13). The zero-order valence-electron chi connectivity index (χ0n) is 9.15. The molecule has 2 N–H and O–H groups in total. The molecule has 0 bridgehead atoms. The van der Waals surface area contributed by atoms with Gasteiger partial charge in [0.15, 0.2) is 0 Å². The number of hydrogen-bond donors (Lipinski definition) is 2. The average molecular weight is 223 g/mol. The van der Waals surface area contributed by atoms with Crippen molar-refractivity contribution in [1.29, 1.82) is 0 Å². The summed E-state index contributed by atoms with van der Waals surface area (Å²) in [7, 11) is 1.67. The normalized spacial score (nSPS) is 16.6. The van der Waals surface area contributed by atoms with Crippen LogP contribution in [0.1, 0.15) is 19.8 Å². The Hall–Kier alpha value is -1.92. The molecule has 1 fully saturated rings. The lowest BCUT2D eigenvalue weighted by atomic mass is 10.3. The first-order valence-corrected chi connectivity index (χ1v) is 5.01. The van der Waals surface area contributed by atoms with Crippen molar-refractivity contribution < 1.29 is 4.92 Å². The first-order chi connectivity index (χ1) is 7.54. The summed E-state index contributed by atoms with van der Waals surface area (Å²) in [5.41, 5.74) is -0.142. The van der Waals surface area contributed by atoms with E-state index in [1.807, 2.05) is 6.92 Å². The van der Waals surface area contributed by atoms with Crippen LogP contribution in [0.15, 0.2) is 6.20 Å². The summed E-state index contributed by atoms with van der Waals surface area (Å²) < 4.78 is 0. The quantitative estimate of drug-likeness (QED) is 0.591. The van der Waals surface area contributed by atoms with Gasteiger partial charge >= 0.3 is 5.69 Å². The average Bonchev–Trinajstić information content (AvgIpc) is 2.95. The van der Waals surface area contributed by atoms with Crippen LogP contribution in [0.3, 0.4) is 0 Å². The second-order valence-corrected chi connectivity index (χ2v) is 4.12. The summed E-state index contributed by atoms with van der Waals surface area (Å²) >= 11 is 0. The molecule has 1 aliphatic carbocycles. The van der Waals surface area contributed by atoms with E-state index in [1.54, 1.807) is 7.05 Å². The minimum Gasteiger partial charge on any atom is -0.359 e. The molecule has 1 aliphatic rings. The van der Waals surface area contributed by atoms with E-state index in [2.05, 4.69) is 20.6 Å². The Morgan fingerprint density at radius 2 is 2.25 bits per heavy atom.